The molecule has 190 valence electrons. The molecule has 2 aromatic carbocycles. The minimum Gasteiger partial charge on any atom is -0.333 e. The molecule has 0 spiro atoms. The molecule has 8 nitrogen and oxygen atoms in total. The lowest BCUT2D eigenvalue weighted by Crippen LogP contribution is -2.77. The third-order valence-electron chi connectivity index (χ3n) is 7.02. The second-order valence-electron chi connectivity index (χ2n) is 9.53. The first-order valence-corrected chi connectivity index (χ1v) is 12.5. The Morgan fingerprint density at radius 2 is 1.83 bits per heavy atom. The third-order valence-corrected chi connectivity index (χ3v) is 7.02. The van der Waals surface area contributed by atoms with E-state index in [1.165, 1.54) is 0 Å². The molecule has 0 saturated carbocycles. The second kappa shape index (κ2) is 10.8. The number of hydrogen-bond acceptors (Lipinski definition) is 4. The highest BCUT2D eigenvalue weighted by molar-refractivity contribution is 5.93. The van der Waals surface area contributed by atoms with Crippen molar-refractivity contribution in [3.8, 4) is 0 Å². The van der Waals surface area contributed by atoms with Crippen LogP contribution in [0.15, 0.2) is 67.3 Å². The van der Waals surface area contributed by atoms with E-state index in [2.05, 4.69) is 11.9 Å². The van der Waals surface area contributed by atoms with E-state index in [4.69, 9.17) is 0 Å². The Balaban J connectivity index is 1.77. The van der Waals surface area contributed by atoms with Crippen LogP contribution < -0.4 is 10.3 Å². The molecule has 2 aromatic rings. The van der Waals surface area contributed by atoms with Crippen LogP contribution >= 0.6 is 0 Å². The molecule has 4 amide bonds. The molecule has 0 radical (unpaired) electrons. The predicted molar refractivity (Wildman–Crippen MR) is 140 cm³/mol. The number of nitrogens with one attached hydrogen (secondary N) is 1. The van der Waals surface area contributed by atoms with E-state index in [9.17, 15) is 14.4 Å². The molecule has 0 aliphatic carbocycles. The zero-order valence-electron chi connectivity index (χ0n) is 21.3. The fourth-order valence-electron chi connectivity index (χ4n) is 4.93. The lowest BCUT2D eigenvalue weighted by molar-refractivity contribution is -0.170. The molecule has 2 fully saturated rings. The van der Waals surface area contributed by atoms with Gasteiger partial charge in [0.05, 0.1) is 12.2 Å². The maximum absolute atomic E-state index is 13.8. The SMILES string of the molecule is C=CCNC(=O)N1[C@H]2CN(Cc3ccccc3)C(=O)[C@H](C(C)CC)N2C(=O)CN1c1ccc(C)cc1. The van der Waals surface area contributed by atoms with Crippen molar-refractivity contribution in [1.82, 2.24) is 20.1 Å². The van der Waals surface area contributed by atoms with E-state index < -0.39 is 12.2 Å². The van der Waals surface area contributed by atoms with Crippen LogP contribution in [0.4, 0.5) is 10.5 Å². The van der Waals surface area contributed by atoms with Gasteiger partial charge in [0.2, 0.25) is 11.8 Å². The van der Waals surface area contributed by atoms with Gasteiger partial charge in [-0.25, -0.2) is 9.80 Å². The summed E-state index contributed by atoms with van der Waals surface area (Å²) in [5, 5.41) is 6.21. The van der Waals surface area contributed by atoms with Gasteiger partial charge in [0.15, 0.2) is 0 Å². The molecule has 1 N–H and O–H groups in total. The van der Waals surface area contributed by atoms with Crippen LogP contribution in [-0.4, -0.2) is 64.5 Å². The number of aryl methyl sites for hydroxylation is 1. The largest absolute Gasteiger partial charge is 0.338 e. The minimum atomic E-state index is -0.641. The highest BCUT2D eigenvalue weighted by Gasteiger charge is 2.52. The van der Waals surface area contributed by atoms with Crippen LogP contribution in [0, 0.1) is 12.8 Å². The fraction of sp³-hybridized carbons (Fsp3) is 0.393. The highest BCUT2D eigenvalue weighted by atomic mass is 16.2. The number of hydrogen-bond donors (Lipinski definition) is 1. The van der Waals surface area contributed by atoms with Crippen molar-refractivity contribution in [2.24, 2.45) is 5.92 Å². The number of piperazine rings is 1. The standard InChI is InChI=1S/C28H35N5O3/c1-5-16-29-28(36)33-24-18-30(17-22-10-8-7-9-11-22)27(35)26(21(4)6-2)32(24)25(34)19-31(33)23-14-12-20(3)13-15-23/h5,7-15,21,24,26H,1,6,16-19H2,2-4H3,(H,29,36)/t21?,24-,26-/m0/s1. The van der Waals surface area contributed by atoms with Gasteiger partial charge >= 0.3 is 6.03 Å². The van der Waals surface area contributed by atoms with Gasteiger partial charge < -0.3 is 15.1 Å². The number of nitrogens with zero attached hydrogens (tertiary/aromatic N) is 4. The average Bonchev–Trinajstić information content (AvgIpc) is 2.88. The van der Waals surface area contributed by atoms with E-state index in [0.717, 1.165) is 23.2 Å². The first kappa shape index (κ1) is 25.3. The predicted octanol–water partition coefficient (Wildman–Crippen LogP) is 3.54. The normalized spacial score (nSPS) is 20.8. The Hall–Kier alpha value is -3.81. The van der Waals surface area contributed by atoms with Crippen LogP contribution in [0.2, 0.25) is 0 Å². The first-order chi connectivity index (χ1) is 17.3. The number of carbonyl (C=O) groups excluding carboxylic acids is 3. The van der Waals surface area contributed by atoms with Gasteiger partial charge in [-0.2, -0.15) is 0 Å². The van der Waals surface area contributed by atoms with E-state index in [0.29, 0.717) is 13.1 Å². The number of fused-ring (bicyclic) bond motifs is 1. The quantitative estimate of drug-likeness (QED) is 0.604. The van der Waals surface area contributed by atoms with Crippen LogP contribution in [0.5, 0.6) is 0 Å². The smallest absolute Gasteiger partial charge is 0.333 e. The summed E-state index contributed by atoms with van der Waals surface area (Å²) in [6.07, 6.45) is 1.71. The summed E-state index contributed by atoms with van der Waals surface area (Å²) in [7, 11) is 0. The van der Waals surface area contributed by atoms with Crippen LogP contribution in [0.25, 0.3) is 0 Å². The Bertz CT molecular complexity index is 1100. The molecule has 1 unspecified atom stereocenters. The van der Waals surface area contributed by atoms with Crippen molar-refractivity contribution in [2.45, 2.75) is 45.9 Å². The molecular weight excluding hydrogens is 454 g/mol. The maximum Gasteiger partial charge on any atom is 0.338 e. The summed E-state index contributed by atoms with van der Waals surface area (Å²) < 4.78 is 0. The number of anilines is 1. The Morgan fingerprint density at radius 1 is 1.14 bits per heavy atom. The highest BCUT2D eigenvalue weighted by Crippen LogP contribution is 2.33. The van der Waals surface area contributed by atoms with E-state index in [1.54, 1.807) is 25.9 Å². The van der Waals surface area contributed by atoms with Crippen molar-refractivity contribution in [2.75, 3.05) is 24.6 Å². The van der Waals surface area contributed by atoms with Gasteiger partial charge in [-0.05, 0) is 30.5 Å². The van der Waals surface area contributed by atoms with Crippen LogP contribution in [0.3, 0.4) is 0 Å². The third kappa shape index (κ3) is 4.94. The fourth-order valence-corrected chi connectivity index (χ4v) is 4.93. The van der Waals surface area contributed by atoms with Gasteiger partial charge in [-0.1, -0.05) is 74.4 Å². The number of benzene rings is 2. The molecule has 2 aliphatic rings. The van der Waals surface area contributed by atoms with Gasteiger partial charge in [0.1, 0.15) is 18.8 Å². The molecule has 8 heteroatoms. The van der Waals surface area contributed by atoms with E-state index >= 15 is 0 Å². The van der Waals surface area contributed by atoms with Gasteiger partial charge in [0.25, 0.3) is 0 Å². The number of amides is 4. The van der Waals surface area contributed by atoms with Crippen molar-refractivity contribution < 1.29 is 14.4 Å². The Labute approximate surface area is 213 Å². The molecular formula is C28H35N5O3. The molecule has 36 heavy (non-hydrogen) atoms. The molecule has 0 aromatic heterocycles. The average molecular weight is 490 g/mol. The number of rotatable bonds is 7. The minimum absolute atomic E-state index is 0.0278. The number of urea groups is 1. The monoisotopic (exact) mass is 489 g/mol. The zero-order chi connectivity index (χ0) is 25.8. The summed E-state index contributed by atoms with van der Waals surface area (Å²) >= 11 is 0. The summed E-state index contributed by atoms with van der Waals surface area (Å²) in [6.45, 7) is 10.6. The zero-order valence-corrected chi connectivity index (χ0v) is 21.3. The van der Waals surface area contributed by atoms with Gasteiger partial charge in [0, 0.05) is 13.1 Å². The molecule has 4 rings (SSSR count). The Morgan fingerprint density at radius 3 is 2.47 bits per heavy atom. The van der Waals surface area contributed by atoms with E-state index in [-0.39, 0.29) is 36.9 Å². The molecule has 2 saturated heterocycles. The maximum atomic E-state index is 13.8. The summed E-state index contributed by atoms with van der Waals surface area (Å²) in [5.41, 5.74) is 2.83. The second-order valence-corrected chi connectivity index (χ2v) is 9.53. The molecule has 0 bridgehead atoms. The van der Waals surface area contributed by atoms with Crippen LogP contribution in [-0.2, 0) is 16.1 Å². The Kier molecular flexibility index (Phi) is 7.62. The molecule has 2 aliphatic heterocycles. The van der Waals surface area contributed by atoms with Crippen LogP contribution in [0.1, 0.15) is 31.4 Å². The summed E-state index contributed by atoms with van der Waals surface area (Å²) in [6, 6.07) is 16.6. The first-order valence-electron chi connectivity index (χ1n) is 12.5. The number of carbonyl (C=O) groups is 3. The number of hydrazine groups is 1. The molecule has 2 heterocycles. The van der Waals surface area contributed by atoms with Crippen molar-refractivity contribution in [1.29, 1.82) is 0 Å². The topological polar surface area (TPSA) is 76.2 Å². The lowest BCUT2D eigenvalue weighted by atomic mass is 9.92. The van der Waals surface area contributed by atoms with Crippen molar-refractivity contribution in [3.63, 3.8) is 0 Å². The van der Waals surface area contributed by atoms with Crippen molar-refractivity contribution >= 4 is 23.5 Å². The summed E-state index contributed by atoms with van der Waals surface area (Å²) in [4.78, 5) is 44.4. The van der Waals surface area contributed by atoms with E-state index in [1.807, 2.05) is 75.4 Å². The molecule has 3 atom stereocenters. The summed E-state index contributed by atoms with van der Waals surface area (Å²) in [5.74, 6) is -0.300. The van der Waals surface area contributed by atoms with Gasteiger partial charge in [-0.15, -0.1) is 6.58 Å². The van der Waals surface area contributed by atoms with Gasteiger partial charge in [-0.3, -0.25) is 14.6 Å². The lowest BCUT2D eigenvalue weighted by Gasteiger charge is -2.56. The van der Waals surface area contributed by atoms with Crippen molar-refractivity contribution in [3.05, 3.63) is 78.4 Å².